The minimum Gasteiger partial charge on any atom is -0.365 e. The van der Waals surface area contributed by atoms with Crippen molar-refractivity contribution in [1.82, 2.24) is 4.98 Å². The second-order valence-electron chi connectivity index (χ2n) is 5.67. The van der Waals surface area contributed by atoms with Crippen molar-refractivity contribution in [3.05, 3.63) is 58.7 Å². The highest BCUT2D eigenvalue weighted by molar-refractivity contribution is 6.29. The lowest BCUT2D eigenvalue weighted by Gasteiger charge is -2.27. The summed E-state index contributed by atoms with van der Waals surface area (Å²) in [4.78, 5) is 4.23. The number of nitrogens with one attached hydrogen (secondary N) is 1. The van der Waals surface area contributed by atoms with Crippen LogP contribution in [0.25, 0.3) is 0 Å². The molecule has 0 radical (unpaired) electrons. The summed E-state index contributed by atoms with van der Waals surface area (Å²) in [6, 6.07) is 15.7. The summed E-state index contributed by atoms with van der Waals surface area (Å²) < 4.78 is 0. The van der Waals surface area contributed by atoms with E-state index in [1.54, 1.807) is 12.1 Å². The summed E-state index contributed by atoms with van der Waals surface area (Å²) in [5.74, 6) is 0.636. The van der Waals surface area contributed by atoms with Crippen molar-refractivity contribution in [1.29, 1.82) is 5.26 Å². The summed E-state index contributed by atoms with van der Waals surface area (Å²) in [6.07, 6.45) is 1.93. The Morgan fingerprint density at radius 2 is 1.95 bits per heavy atom. The van der Waals surface area contributed by atoms with Gasteiger partial charge in [-0.1, -0.05) is 41.9 Å². The van der Waals surface area contributed by atoms with Crippen LogP contribution in [-0.4, -0.2) is 10.5 Å². The fourth-order valence-electron chi connectivity index (χ4n) is 2.14. The molecule has 1 aromatic carbocycles. The molecule has 3 nitrogen and oxygen atoms in total. The molecule has 0 unspecified atom stereocenters. The van der Waals surface area contributed by atoms with Gasteiger partial charge >= 0.3 is 0 Å². The predicted octanol–water partition coefficient (Wildman–Crippen LogP) is 4.43. The topological polar surface area (TPSA) is 48.7 Å². The lowest BCUT2D eigenvalue weighted by molar-refractivity contribution is 0.516. The third-order valence-corrected chi connectivity index (χ3v) is 3.46. The number of anilines is 1. The van der Waals surface area contributed by atoms with Crippen molar-refractivity contribution in [2.45, 2.75) is 32.2 Å². The number of aromatic nitrogens is 1. The van der Waals surface area contributed by atoms with Crippen molar-refractivity contribution in [2.75, 3.05) is 5.32 Å². The lowest BCUT2D eigenvalue weighted by Crippen LogP contribution is -2.32. The Hall–Kier alpha value is -2.05. The largest absolute Gasteiger partial charge is 0.365 e. The molecular weight excluding hydrogens is 282 g/mol. The van der Waals surface area contributed by atoms with Gasteiger partial charge < -0.3 is 5.32 Å². The van der Waals surface area contributed by atoms with Gasteiger partial charge in [-0.25, -0.2) is 4.98 Å². The van der Waals surface area contributed by atoms with E-state index in [1.807, 2.05) is 18.2 Å². The number of aryl methyl sites for hydroxylation is 1. The number of pyridine rings is 1. The van der Waals surface area contributed by atoms with E-state index in [1.165, 1.54) is 5.56 Å². The van der Waals surface area contributed by atoms with Crippen molar-refractivity contribution in [2.24, 2.45) is 0 Å². The molecule has 0 atom stereocenters. The molecule has 0 amide bonds. The third-order valence-electron chi connectivity index (χ3n) is 3.27. The predicted molar refractivity (Wildman–Crippen MR) is 86.4 cm³/mol. The number of nitriles is 1. The fraction of sp³-hybridized carbons (Fsp3) is 0.294. The molecule has 0 fully saturated rings. The molecule has 0 aliphatic rings. The van der Waals surface area contributed by atoms with Gasteiger partial charge in [0.2, 0.25) is 0 Å². The molecule has 0 aliphatic heterocycles. The Morgan fingerprint density at radius 3 is 2.62 bits per heavy atom. The van der Waals surface area contributed by atoms with Crippen LogP contribution >= 0.6 is 11.6 Å². The van der Waals surface area contributed by atoms with Crippen LogP contribution in [0.3, 0.4) is 0 Å². The Labute approximate surface area is 130 Å². The van der Waals surface area contributed by atoms with Gasteiger partial charge in [0.05, 0.1) is 11.6 Å². The second-order valence-corrected chi connectivity index (χ2v) is 6.06. The summed E-state index contributed by atoms with van der Waals surface area (Å²) in [5, 5.41) is 12.7. The average Bonchev–Trinajstić information content (AvgIpc) is 2.45. The van der Waals surface area contributed by atoms with Gasteiger partial charge in [-0.2, -0.15) is 5.26 Å². The first-order valence-corrected chi connectivity index (χ1v) is 7.26. The highest BCUT2D eigenvalue weighted by atomic mass is 35.5. The van der Waals surface area contributed by atoms with Crippen LogP contribution in [0.15, 0.2) is 42.5 Å². The standard InChI is InChI=1S/C17H18ClN3/c1-17(2,9-8-13-6-4-3-5-7-13)21-16-11-14(12-19)10-15(18)20-16/h3-7,10-11H,8-9H2,1-2H3,(H,20,21). The van der Waals surface area contributed by atoms with Crippen molar-refractivity contribution < 1.29 is 0 Å². The molecule has 0 bridgehead atoms. The van der Waals surface area contributed by atoms with Gasteiger partial charge in [0.25, 0.3) is 0 Å². The average molecular weight is 300 g/mol. The number of hydrogen-bond donors (Lipinski definition) is 1. The van der Waals surface area contributed by atoms with Crippen molar-refractivity contribution >= 4 is 17.4 Å². The van der Waals surface area contributed by atoms with E-state index >= 15 is 0 Å². The Kier molecular flexibility index (Phi) is 4.82. The van der Waals surface area contributed by atoms with Crippen LogP contribution in [0.5, 0.6) is 0 Å². The monoisotopic (exact) mass is 299 g/mol. The highest BCUT2D eigenvalue weighted by Gasteiger charge is 2.18. The van der Waals surface area contributed by atoms with Crippen LogP contribution in [0.1, 0.15) is 31.4 Å². The number of hydrogen-bond acceptors (Lipinski definition) is 3. The van der Waals surface area contributed by atoms with E-state index in [4.69, 9.17) is 16.9 Å². The molecule has 2 aromatic rings. The molecule has 1 heterocycles. The molecule has 0 saturated heterocycles. The van der Waals surface area contributed by atoms with Crippen LogP contribution in [0.4, 0.5) is 5.82 Å². The second kappa shape index (κ2) is 6.60. The van der Waals surface area contributed by atoms with E-state index in [-0.39, 0.29) is 5.54 Å². The molecule has 4 heteroatoms. The quantitative estimate of drug-likeness (QED) is 0.831. The van der Waals surface area contributed by atoms with E-state index < -0.39 is 0 Å². The smallest absolute Gasteiger partial charge is 0.132 e. The number of halogens is 1. The normalized spacial score (nSPS) is 11.0. The maximum Gasteiger partial charge on any atom is 0.132 e. The van der Waals surface area contributed by atoms with E-state index in [9.17, 15) is 0 Å². The van der Waals surface area contributed by atoms with E-state index in [2.05, 4.69) is 42.4 Å². The molecule has 21 heavy (non-hydrogen) atoms. The molecule has 108 valence electrons. The first-order valence-electron chi connectivity index (χ1n) is 6.88. The zero-order valence-electron chi connectivity index (χ0n) is 12.2. The molecule has 1 N–H and O–H groups in total. The van der Waals surface area contributed by atoms with Gasteiger partial charge in [0.1, 0.15) is 11.0 Å². The fourth-order valence-corrected chi connectivity index (χ4v) is 2.34. The zero-order valence-corrected chi connectivity index (χ0v) is 13.0. The molecule has 0 saturated carbocycles. The maximum atomic E-state index is 8.97. The molecule has 0 aliphatic carbocycles. The van der Waals surface area contributed by atoms with Gasteiger partial charge in [-0.3, -0.25) is 0 Å². The summed E-state index contributed by atoms with van der Waals surface area (Å²) in [6.45, 7) is 4.23. The summed E-state index contributed by atoms with van der Waals surface area (Å²) in [5.41, 5.74) is 1.68. The number of nitrogens with zero attached hydrogens (tertiary/aromatic N) is 2. The Morgan fingerprint density at radius 1 is 1.24 bits per heavy atom. The molecule has 1 aromatic heterocycles. The maximum absolute atomic E-state index is 8.97. The van der Waals surface area contributed by atoms with Crippen LogP contribution in [0.2, 0.25) is 5.15 Å². The van der Waals surface area contributed by atoms with Crippen molar-refractivity contribution in [3.8, 4) is 6.07 Å². The Bertz CT molecular complexity index is 645. The highest BCUT2D eigenvalue weighted by Crippen LogP contribution is 2.21. The minimum absolute atomic E-state index is 0.139. The lowest BCUT2D eigenvalue weighted by atomic mass is 9.95. The van der Waals surface area contributed by atoms with Crippen LogP contribution < -0.4 is 5.32 Å². The van der Waals surface area contributed by atoms with E-state index in [0.29, 0.717) is 16.5 Å². The number of benzene rings is 1. The van der Waals surface area contributed by atoms with Gasteiger partial charge in [-0.15, -0.1) is 0 Å². The Balaban J connectivity index is 2.03. The first-order chi connectivity index (χ1) is 9.98. The third kappa shape index (κ3) is 4.77. The van der Waals surface area contributed by atoms with Gasteiger partial charge in [0.15, 0.2) is 0 Å². The zero-order chi connectivity index (χ0) is 15.3. The number of rotatable bonds is 5. The van der Waals surface area contributed by atoms with Crippen LogP contribution in [-0.2, 0) is 6.42 Å². The first kappa shape index (κ1) is 15.3. The molecular formula is C17H18ClN3. The SMILES string of the molecule is CC(C)(CCc1ccccc1)Nc1cc(C#N)cc(Cl)n1. The molecule has 0 spiro atoms. The summed E-state index contributed by atoms with van der Waals surface area (Å²) in [7, 11) is 0. The van der Waals surface area contributed by atoms with Gasteiger partial charge in [0, 0.05) is 5.54 Å². The van der Waals surface area contributed by atoms with Crippen LogP contribution in [0, 0.1) is 11.3 Å². The van der Waals surface area contributed by atoms with E-state index in [0.717, 1.165) is 12.8 Å². The van der Waals surface area contributed by atoms with Crippen molar-refractivity contribution in [3.63, 3.8) is 0 Å². The minimum atomic E-state index is -0.139. The molecule has 2 rings (SSSR count). The van der Waals surface area contributed by atoms with Gasteiger partial charge in [-0.05, 0) is 44.4 Å². The summed E-state index contributed by atoms with van der Waals surface area (Å²) >= 11 is 5.93.